The Kier molecular flexibility index (Phi) is 3.74. The van der Waals surface area contributed by atoms with Gasteiger partial charge in [-0.3, -0.25) is 0 Å². The average Bonchev–Trinajstić information content (AvgIpc) is 2.12. The van der Waals surface area contributed by atoms with Crippen molar-refractivity contribution in [2.75, 3.05) is 6.61 Å². The van der Waals surface area contributed by atoms with E-state index in [0.717, 1.165) is 12.8 Å². The molecule has 0 unspecified atom stereocenters. The first-order chi connectivity index (χ1) is 6.24. The highest BCUT2D eigenvalue weighted by atomic mass is 19.1. The van der Waals surface area contributed by atoms with Gasteiger partial charge < -0.3 is 4.74 Å². The molecule has 72 valence electrons. The first kappa shape index (κ1) is 10.0. The third-order valence-electron chi connectivity index (χ3n) is 1.91. The molecule has 0 fully saturated rings. The van der Waals surface area contributed by atoms with E-state index in [1.54, 1.807) is 19.1 Å². The summed E-state index contributed by atoms with van der Waals surface area (Å²) in [5, 5.41) is 0. The summed E-state index contributed by atoms with van der Waals surface area (Å²) < 4.78 is 18.4. The van der Waals surface area contributed by atoms with E-state index in [-0.39, 0.29) is 5.82 Å². The Bertz CT molecular complexity index is 271. The number of hydrogen-bond donors (Lipinski definition) is 0. The van der Waals surface area contributed by atoms with Gasteiger partial charge in [0.25, 0.3) is 0 Å². The smallest absolute Gasteiger partial charge is 0.129 e. The summed E-state index contributed by atoms with van der Waals surface area (Å²) in [5.41, 5.74) is 0.655. The van der Waals surface area contributed by atoms with Gasteiger partial charge in [0.05, 0.1) is 6.61 Å². The quantitative estimate of drug-likeness (QED) is 0.649. The molecule has 1 nitrogen and oxygen atoms in total. The number of benzene rings is 1. The standard InChI is InChI=1S/C11H15FO/c1-3-4-7-13-10-6-5-9(2)11(12)8-10/h5-6,8H,3-4,7H2,1-2H3. The number of rotatable bonds is 4. The van der Waals surface area contributed by atoms with Crippen LogP contribution in [0.3, 0.4) is 0 Å². The summed E-state index contributed by atoms with van der Waals surface area (Å²) in [6.45, 7) is 4.50. The van der Waals surface area contributed by atoms with Crippen LogP contribution in [0.2, 0.25) is 0 Å². The van der Waals surface area contributed by atoms with Crippen molar-refractivity contribution in [1.82, 2.24) is 0 Å². The summed E-state index contributed by atoms with van der Waals surface area (Å²) in [5.74, 6) is 0.422. The molecule has 0 saturated heterocycles. The number of ether oxygens (including phenoxy) is 1. The van der Waals surface area contributed by atoms with Crippen molar-refractivity contribution in [3.8, 4) is 5.75 Å². The molecular formula is C11H15FO. The number of hydrogen-bond acceptors (Lipinski definition) is 1. The van der Waals surface area contributed by atoms with E-state index >= 15 is 0 Å². The average molecular weight is 182 g/mol. The lowest BCUT2D eigenvalue weighted by molar-refractivity contribution is 0.307. The molecule has 0 N–H and O–H groups in total. The first-order valence-corrected chi connectivity index (χ1v) is 4.63. The van der Waals surface area contributed by atoms with Gasteiger partial charge in [0.1, 0.15) is 11.6 Å². The SMILES string of the molecule is CCCCOc1ccc(C)c(F)c1. The van der Waals surface area contributed by atoms with Gasteiger partial charge >= 0.3 is 0 Å². The molecule has 0 radical (unpaired) electrons. The number of halogens is 1. The predicted molar refractivity (Wildman–Crippen MR) is 51.5 cm³/mol. The van der Waals surface area contributed by atoms with Crippen LogP contribution in [0.5, 0.6) is 5.75 Å². The van der Waals surface area contributed by atoms with Crippen LogP contribution in [-0.4, -0.2) is 6.61 Å². The van der Waals surface area contributed by atoms with E-state index in [0.29, 0.717) is 17.9 Å². The van der Waals surface area contributed by atoms with E-state index in [1.807, 2.05) is 0 Å². The Morgan fingerprint density at radius 2 is 2.15 bits per heavy atom. The van der Waals surface area contributed by atoms with Crippen LogP contribution in [0.15, 0.2) is 18.2 Å². The molecule has 0 saturated carbocycles. The Labute approximate surface area is 78.5 Å². The van der Waals surface area contributed by atoms with Crippen LogP contribution in [0.4, 0.5) is 4.39 Å². The van der Waals surface area contributed by atoms with E-state index in [2.05, 4.69) is 6.92 Å². The highest BCUT2D eigenvalue weighted by molar-refractivity contribution is 5.27. The van der Waals surface area contributed by atoms with Crippen LogP contribution >= 0.6 is 0 Å². The molecule has 0 amide bonds. The molecule has 0 aromatic heterocycles. The molecule has 0 aliphatic carbocycles. The van der Waals surface area contributed by atoms with E-state index in [1.165, 1.54) is 6.07 Å². The van der Waals surface area contributed by atoms with Crippen LogP contribution < -0.4 is 4.74 Å². The third kappa shape index (κ3) is 3.05. The summed E-state index contributed by atoms with van der Waals surface area (Å²) in [6.07, 6.45) is 2.10. The van der Waals surface area contributed by atoms with Crippen molar-refractivity contribution < 1.29 is 9.13 Å². The van der Waals surface area contributed by atoms with E-state index < -0.39 is 0 Å². The monoisotopic (exact) mass is 182 g/mol. The second-order valence-electron chi connectivity index (χ2n) is 3.11. The Balaban J connectivity index is 2.53. The van der Waals surface area contributed by atoms with Crippen molar-refractivity contribution in [2.24, 2.45) is 0 Å². The zero-order valence-electron chi connectivity index (χ0n) is 8.14. The van der Waals surface area contributed by atoms with Gasteiger partial charge in [0.15, 0.2) is 0 Å². The highest BCUT2D eigenvalue weighted by Gasteiger charge is 1.99. The molecule has 0 aliphatic heterocycles. The molecule has 13 heavy (non-hydrogen) atoms. The third-order valence-corrected chi connectivity index (χ3v) is 1.91. The fraction of sp³-hybridized carbons (Fsp3) is 0.455. The summed E-state index contributed by atoms with van der Waals surface area (Å²) >= 11 is 0. The minimum absolute atomic E-state index is 0.200. The molecule has 0 atom stereocenters. The molecule has 0 bridgehead atoms. The summed E-state index contributed by atoms with van der Waals surface area (Å²) in [7, 11) is 0. The lowest BCUT2D eigenvalue weighted by atomic mass is 10.2. The Hall–Kier alpha value is -1.05. The topological polar surface area (TPSA) is 9.23 Å². The molecule has 1 aromatic rings. The van der Waals surface area contributed by atoms with Crippen LogP contribution in [0.1, 0.15) is 25.3 Å². The van der Waals surface area contributed by atoms with Gasteiger partial charge in [-0.15, -0.1) is 0 Å². The Morgan fingerprint density at radius 3 is 2.77 bits per heavy atom. The second-order valence-corrected chi connectivity index (χ2v) is 3.11. The molecule has 0 heterocycles. The lowest BCUT2D eigenvalue weighted by Crippen LogP contribution is -1.97. The van der Waals surface area contributed by atoms with Gasteiger partial charge in [-0.2, -0.15) is 0 Å². The van der Waals surface area contributed by atoms with Crippen molar-refractivity contribution in [3.05, 3.63) is 29.6 Å². The summed E-state index contributed by atoms with van der Waals surface area (Å²) in [6, 6.07) is 4.97. The van der Waals surface area contributed by atoms with Gasteiger partial charge in [0, 0.05) is 6.07 Å². The van der Waals surface area contributed by atoms with E-state index in [4.69, 9.17) is 4.74 Å². The van der Waals surface area contributed by atoms with Crippen molar-refractivity contribution in [2.45, 2.75) is 26.7 Å². The van der Waals surface area contributed by atoms with E-state index in [9.17, 15) is 4.39 Å². The van der Waals surface area contributed by atoms with Gasteiger partial charge in [-0.05, 0) is 25.0 Å². The second kappa shape index (κ2) is 4.85. The maximum atomic E-state index is 13.0. The van der Waals surface area contributed by atoms with Gasteiger partial charge in [-0.25, -0.2) is 4.39 Å². The molecule has 0 aliphatic rings. The number of aryl methyl sites for hydroxylation is 1. The molecular weight excluding hydrogens is 167 g/mol. The fourth-order valence-electron chi connectivity index (χ4n) is 0.998. The molecule has 1 aromatic carbocycles. The normalized spacial score (nSPS) is 10.1. The number of unbranched alkanes of at least 4 members (excludes halogenated alkanes) is 1. The minimum Gasteiger partial charge on any atom is -0.493 e. The highest BCUT2D eigenvalue weighted by Crippen LogP contribution is 2.15. The van der Waals surface area contributed by atoms with Crippen LogP contribution in [-0.2, 0) is 0 Å². The fourth-order valence-corrected chi connectivity index (χ4v) is 0.998. The lowest BCUT2D eigenvalue weighted by Gasteiger charge is -2.05. The Morgan fingerprint density at radius 1 is 1.38 bits per heavy atom. The maximum absolute atomic E-state index is 13.0. The zero-order valence-corrected chi connectivity index (χ0v) is 8.14. The maximum Gasteiger partial charge on any atom is 0.129 e. The molecule has 0 spiro atoms. The van der Waals surface area contributed by atoms with Crippen molar-refractivity contribution in [1.29, 1.82) is 0 Å². The zero-order chi connectivity index (χ0) is 9.68. The molecule has 2 heteroatoms. The van der Waals surface area contributed by atoms with Gasteiger partial charge in [-0.1, -0.05) is 19.4 Å². The van der Waals surface area contributed by atoms with Crippen molar-refractivity contribution in [3.63, 3.8) is 0 Å². The minimum atomic E-state index is -0.200. The van der Waals surface area contributed by atoms with Crippen molar-refractivity contribution >= 4 is 0 Å². The van der Waals surface area contributed by atoms with Crippen LogP contribution in [0, 0.1) is 12.7 Å². The first-order valence-electron chi connectivity index (χ1n) is 4.63. The predicted octanol–water partition coefficient (Wildman–Crippen LogP) is 3.31. The van der Waals surface area contributed by atoms with Crippen LogP contribution in [0.25, 0.3) is 0 Å². The summed E-state index contributed by atoms with van der Waals surface area (Å²) in [4.78, 5) is 0. The molecule has 1 rings (SSSR count). The van der Waals surface area contributed by atoms with Gasteiger partial charge in [0.2, 0.25) is 0 Å². The largest absolute Gasteiger partial charge is 0.493 e.